The molecule has 1 aromatic carbocycles. The Hall–Kier alpha value is -3.59. The molecule has 4 aromatic rings. The molecule has 3 heterocycles. The summed E-state index contributed by atoms with van der Waals surface area (Å²) >= 11 is 2.83. The van der Waals surface area contributed by atoms with Crippen molar-refractivity contribution < 1.29 is 27.5 Å². The van der Waals surface area contributed by atoms with E-state index in [0.29, 0.717) is 11.4 Å². The Labute approximate surface area is 227 Å². The molecule has 0 spiro atoms. The SMILES string of the molecule is COC(=O)NCC(=O)NCc1ccc(CN(Cc2ccnc(OC)c2)S(=O)(=O)c2ccc3scnc3c2)s1. The van der Waals surface area contributed by atoms with Gasteiger partial charge in [0.15, 0.2) is 0 Å². The number of fused-ring (bicyclic) bond motifs is 1. The number of hydrogen-bond donors (Lipinski definition) is 2. The van der Waals surface area contributed by atoms with Crippen LogP contribution in [0.25, 0.3) is 10.2 Å². The van der Waals surface area contributed by atoms with E-state index in [-0.39, 0.29) is 37.0 Å². The van der Waals surface area contributed by atoms with Crippen LogP contribution < -0.4 is 15.4 Å². The molecule has 0 atom stereocenters. The molecule has 2 amide bonds. The highest BCUT2D eigenvalue weighted by Gasteiger charge is 2.26. The van der Waals surface area contributed by atoms with E-state index in [1.807, 2.05) is 12.1 Å². The molecule has 14 heteroatoms. The summed E-state index contributed by atoms with van der Waals surface area (Å²) in [6.07, 6.45) is 0.877. The maximum absolute atomic E-state index is 13.8. The number of carbonyl (C=O) groups excluding carboxylic acids is 2. The Morgan fingerprint density at radius 2 is 1.82 bits per heavy atom. The van der Waals surface area contributed by atoms with E-state index < -0.39 is 16.1 Å². The monoisotopic (exact) mass is 575 g/mol. The fraction of sp³-hybridized carbons (Fsp3) is 0.250. The average Bonchev–Trinajstić information content (AvgIpc) is 3.59. The quantitative estimate of drug-likeness (QED) is 0.278. The molecule has 0 saturated heterocycles. The van der Waals surface area contributed by atoms with Crippen LogP contribution in [-0.2, 0) is 39.2 Å². The second-order valence-corrected chi connectivity index (χ2v) is 12.0. The standard InChI is InChI=1S/C24H25N5O6S3/c1-34-23-9-16(7-8-25-23)13-29(38(32,33)19-5-6-21-20(10-19)28-15-36-21)14-18-4-3-17(37-18)11-26-22(30)12-27-24(31)35-2/h3-10,15H,11-14H2,1-2H3,(H,26,30)(H,27,31). The molecule has 0 radical (unpaired) electrons. The minimum atomic E-state index is -3.90. The van der Waals surface area contributed by atoms with Gasteiger partial charge in [0.25, 0.3) is 0 Å². The minimum Gasteiger partial charge on any atom is -0.481 e. The van der Waals surface area contributed by atoms with Crippen LogP contribution in [0.1, 0.15) is 15.3 Å². The first-order chi connectivity index (χ1) is 18.3. The topological polar surface area (TPSA) is 140 Å². The number of nitrogens with one attached hydrogen (secondary N) is 2. The number of rotatable bonds is 11. The minimum absolute atomic E-state index is 0.0967. The van der Waals surface area contributed by atoms with E-state index >= 15 is 0 Å². The number of alkyl carbamates (subject to hydrolysis) is 1. The maximum atomic E-state index is 13.8. The van der Waals surface area contributed by atoms with E-state index in [4.69, 9.17) is 4.74 Å². The summed E-state index contributed by atoms with van der Waals surface area (Å²) in [6.45, 7) is 0.237. The molecule has 11 nitrogen and oxygen atoms in total. The summed E-state index contributed by atoms with van der Waals surface area (Å²) in [5, 5.41) is 5.02. The van der Waals surface area contributed by atoms with Crippen LogP contribution in [0.5, 0.6) is 5.88 Å². The molecule has 0 aliphatic rings. The van der Waals surface area contributed by atoms with Crippen molar-refractivity contribution in [2.75, 3.05) is 20.8 Å². The number of amides is 2. The molecule has 0 unspecified atom stereocenters. The molecule has 38 heavy (non-hydrogen) atoms. The van der Waals surface area contributed by atoms with E-state index in [9.17, 15) is 18.0 Å². The summed E-state index contributed by atoms with van der Waals surface area (Å²) < 4.78 is 39.5. The zero-order valence-electron chi connectivity index (χ0n) is 20.5. The number of pyridine rings is 1. The number of benzene rings is 1. The fourth-order valence-electron chi connectivity index (χ4n) is 3.49. The van der Waals surface area contributed by atoms with Crippen LogP contribution >= 0.6 is 22.7 Å². The summed E-state index contributed by atoms with van der Waals surface area (Å²) in [6, 6.07) is 12.0. The van der Waals surface area contributed by atoms with Crippen molar-refractivity contribution in [3.05, 3.63) is 69.5 Å². The van der Waals surface area contributed by atoms with Gasteiger partial charge in [-0.25, -0.2) is 23.2 Å². The molecule has 4 rings (SSSR count). The normalized spacial score (nSPS) is 11.4. The molecular weight excluding hydrogens is 550 g/mol. The number of aromatic nitrogens is 2. The third kappa shape index (κ3) is 6.83. The summed E-state index contributed by atoms with van der Waals surface area (Å²) in [5.74, 6) is 0.0122. The fourth-order valence-corrected chi connectivity index (χ4v) is 6.63. The van der Waals surface area contributed by atoms with Gasteiger partial charge in [-0.1, -0.05) is 0 Å². The molecule has 0 fully saturated rings. The van der Waals surface area contributed by atoms with Gasteiger partial charge in [0.05, 0.1) is 41.4 Å². The van der Waals surface area contributed by atoms with Gasteiger partial charge in [-0.3, -0.25) is 4.79 Å². The smallest absolute Gasteiger partial charge is 0.407 e. The lowest BCUT2D eigenvalue weighted by molar-refractivity contribution is -0.120. The first-order valence-electron chi connectivity index (χ1n) is 11.3. The second kappa shape index (κ2) is 12.3. The number of ether oxygens (including phenoxy) is 2. The van der Waals surface area contributed by atoms with Crippen molar-refractivity contribution in [1.29, 1.82) is 0 Å². The van der Waals surface area contributed by atoms with E-state index in [0.717, 1.165) is 20.0 Å². The van der Waals surface area contributed by atoms with Gasteiger partial charge in [0.2, 0.25) is 21.8 Å². The lowest BCUT2D eigenvalue weighted by Crippen LogP contribution is -2.36. The lowest BCUT2D eigenvalue weighted by Gasteiger charge is -2.22. The second-order valence-electron chi connectivity index (χ2n) is 7.95. The van der Waals surface area contributed by atoms with E-state index in [1.54, 1.807) is 42.0 Å². The first-order valence-corrected chi connectivity index (χ1v) is 14.4. The average molecular weight is 576 g/mol. The van der Waals surface area contributed by atoms with Crippen molar-refractivity contribution >= 4 is 54.9 Å². The Kier molecular flexibility index (Phi) is 8.89. The van der Waals surface area contributed by atoms with Crippen molar-refractivity contribution in [2.24, 2.45) is 0 Å². The number of carbonyl (C=O) groups is 2. The van der Waals surface area contributed by atoms with Crippen LogP contribution in [0, 0.1) is 0 Å². The molecule has 2 N–H and O–H groups in total. The Morgan fingerprint density at radius 1 is 1.00 bits per heavy atom. The van der Waals surface area contributed by atoms with Crippen molar-refractivity contribution in [2.45, 2.75) is 24.5 Å². The Balaban J connectivity index is 1.53. The highest BCUT2D eigenvalue weighted by Crippen LogP contribution is 2.28. The van der Waals surface area contributed by atoms with Gasteiger partial charge < -0.3 is 20.1 Å². The zero-order valence-corrected chi connectivity index (χ0v) is 23.0. The van der Waals surface area contributed by atoms with Crippen LogP contribution in [0.2, 0.25) is 0 Å². The summed E-state index contributed by atoms with van der Waals surface area (Å²) in [5.41, 5.74) is 3.02. The largest absolute Gasteiger partial charge is 0.481 e. The van der Waals surface area contributed by atoms with Crippen LogP contribution in [0.4, 0.5) is 4.79 Å². The van der Waals surface area contributed by atoms with E-state index in [1.165, 1.54) is 41.2 Å². The van der Waals surface area contributed by atoms with Gasteiger partial charge in [-0.05, 0) is 42.0 Å². The van der Waals surface area contributed by atoms with Gasteiger partial charge >= 0.3 is 6.09 Å². The summed E-state index contributed by atoms with van der Waals surface area (Å²) in [4.78, 5) is 33.2. The predicted molar refractivity (Wildman–Crippen MR) is 143 cm³/mol. The van der Waals surface area contributed by atoms with Crippen molar-refractivity contribution in [3.63, 3.8) is 0 Å². The molecule has 0 aliphatic heterocycles. The van der Waals surface area contributed by atoms with Crippen molar-refractivity contribution in [3.8, 4) is 5.88 Å². The van der Waals surface area contributed by atoms with Gasteiger partial charge in [0.1, 0.15) is 6.54 Å². The Bertz CT molecular complexity index is 1540. The molecule has 0 bridgehead atoms. The number of methoxy groups -OCH3 is 2. The third-order valence-corrected chi connectivity index (χ3v) is 9.06. The van der Waals surface area contributed by atoms with Crippen LogP contribution in [-0.4, -0.2) is 55.5 Å². The first kappa shape index (κ1) is 27.4. The highest BCUT2D eigenvalue weighted by atomic mass is 32.2. The Morgan fingerprint density at radius 3 is 2.61 bits per heavy atom. The molecule has 0 saturated carbocycles. The summed E-state index contributed by atoms with van der Waals surface area (Å²) in [7, 11) is -1.18. The molecule has 3 aromatic heterocycles. The maximum Gasteiger partial charge on any atom is 0.407 e. The van der Waals surface area contributed by atoms with E-state index in [2.05, 4.69) is 25.3 Å². The number of nitrogens with zero attached hydrogens (tertiary/aromatic N) is 3. The molecule has 200 valence electrons. The zero-order chi connectivity index (χ0) is 27.1. The van der Waals surface area contributed by atoms with Gasteiger partial charge in [0, 0.05) is 35.1 Å². The van der Waals surface area contributed by atoms with Crippen molar-refractivity contribution in [1.82, 2.24) is 24.9 Å². The number of sulfonamides is 1. The van der Waals surface area contributed by atoms with Gasteiger partial charge in [-0.15, -0.1) is 22.7 Å². The third-order valence-electron chi connectivity index (χ3n) is 5.39. The lowest BCUT2D eigenvalue weighted by atomic mass is 10.2. The number of thiazole rings is 1. The number of hydrogen-bond acceptors (Lipinski definition) is 10. The molecule has 0 aliphatic carbocycles. The van der Waals surface area contributed by atoms with Gasteiger partial charge in [-0.2, -0.15) is 4.31 Å². The highest BCUT2D eigenvalue weighted by molar-refractivity contribution is 7.89. The number of thiophene rings is 1. The molecular formula is C24H25N5O6S3. The van der Waals surface area contributed by atoms with Crippen LogP contribution in [0.15, 0.2) is 59.1 Å². The predicted octanol–water partition coefficient (Wildman–Crippen LogP) is 3.12. The van der Waals surface area contributed by atoms with Crippen LogP contribution in [0.3, 0.4) is 0 Å².